The van der Waals surface area contributed by atoms with Crippen LogP contribution in [0.3, 0.4) is 0 Å². The Labute approximate surface area is 195 Å². The summed E-state index contributed by atoms with van der Waals surface area (Å²) in [5.74, 6) is -0.379. The second-order valence-electron chi connectivity index (χ2n) is 8.26. The van der Waals surface area contributed by atoms with E-state index in [1.165, 1.54) is 12.1 Å². The van der Waals surface area contributed by atoms with Crippen molar-refractivity contribution in [3.8, 4) is 5.75 Å². The van der Waals surface area contributed by atoms with E-state index in [4.69, 9.17) is 9.15 Å². The van der Waals surface area contributed by atoms with Gasteiger partial charge in [-0.3, -0.25) is 4.79 Å². The highest BCUT2D eigenvalue weighted by Gasteiger charge is 2.27. The van der Waals surface area contributed by atoms with Crippen LogP contribution in [0.25, 0.3) is 11.0 Å². The van der Waals surface area contributed by atoms with Gasteiger partial charge in [-0.05, 0) is 56.4 Å². The molecule has 6 nitrogen and oxygen atoms in total. The Balaban J connectivity index is 1.85. The van der Waals surface area contributed by atoms with Gasteiger partial charge >= 0.3 is 11.8 Å². The minimum absolute atomic E-state index is 0.168. The second kappa shape index (κ2) is 10.7. The Kier molecular flexibility index (Phi) is 7.98. The Hall–Kier alpha value is -3.33. The number of hydrogen-bond donors (Lipinski definition) is 1. The van der Waals surface area contributed by atoms with Gasteiger partial charge in [-0.15, -0.1) is 0 Å². The van der Waals surface area contributed by atoms with Crippen LogP contribution in [0.5, 0.6) is 5.75 Å². The van der Waals surface area contributed by atoms with Gasteiger partial charge in [0.05, 0.1) is 13.0 Å². The van der Waals surface area contributed by atoms with E-state index in [1.807, 2.05) is 38.1 Å². The summed E-state index contributed by atoms with van der Waals surface area (Å²) in [4.78, 5) is 27.4. The van der Waals surface area contributed by atoms with Gasteiger partial charge in [0, 0.05) is 23.2 Å². The lowest BCUT2D eigenvalue weighted by Gasteiger charge is -2.14. The Morgan fingerprint density at radius 1 is 1.12 bits per heavy atom. The van der Waals surface area contributed by atoms with Crippen molar-refractivity contribution in [2.75, 3.05) is 26.0 Å². The summed E-state index contributed by atoms with van der Waals surface area (Å²) in [6, 6.07) is 11.8. The minimum Gasteiger partial charge on any atom is -0.493 e. The van der Waals surface area contributed by atoms with Gasteiger partial charge in [0.15, 0.2) is 0 Å². The van der Waals surface area contributed by atoms with Crippen molar-refractivity contribution in [1.29, 1.82) is 0 Å². The average Bonchev–Trinajstić information content (AvgIpc) is 2.75. The molecule has 2 aromatic carbocycles. The third-order valence-electron chi connectivity index (χ3n) is 5.06. The quantitative estimate of drug-likeness (QED) is 0.419. The third-order valence-corrected chi connectivity index (χ3v) is 5.06. The average molecular weight is 476 g/mol. The van der Waals surface area contributed by atoms with Crippen LogP contribution in [-0.4, -0.2) is 37.7 Å². The number of carbonyl (C=O) groups is 1. The summed E-state index contributed by atoms with van der Waals surface area (Å²) >= 11 is 0. The lowest BCUT2D eigenvalue weighted by Crippen LogP contribution is -2.21. The topological polar surface area (TPSA) is 71.8 Å². The fourth-order valence-electron chi connectivity index (χ4n) is 3.54. The van der Waals surface area contributed by atoms with E-state index >= 15 is 0 Å². The molecule has 3 rings (SSSR count). The van der Waals surface area contributed by atoms with Crippen molar-refractivity contribution >= 4 is 22.6 Å². The molecule has 0 fully saturated rings. The van der Waals surface area contributed by atoms with Crippen LogP contribution in [0.1, 0.15) is 41.3 Å². The molecule has 182 valence electrons. The van der Waals surface area contributed by atoms with Crippen molar-refractivity contribution in [3.05, 3.63) is 69.6 Å². The lowest BCUT2D eigenvalue weighted by molar-refractivity contribution is -0.139. The molecule has 34 heavy (non-hydrogen) atoms. The van der Waals surface area contributed by atoms with E-state index < -0.39 is 30.7 Å². The molecule has 0 bridgehead atoms. The molecule has 0 saturated heterocycles. The van der Waals surface area contributed by atoms with E-state index in [0.717, 1.165) is 12.1 Å². The van der Waals surface area contributed by atoms with Crippen LogP contribution in [0.2, 0.25) is 0 Å². The molecule has 1 heterocycles. The molecular weight excluding hydrogens is 449 g/mol. The summed E-state index contributed by atoms with van der Waals surface area (Å²) in [6.45, 7) is 2.11. The van der Waals surface area contributed by atoms with Crippen LogP contribution in [0.15, 0.2) is 51.7 Å². The third kappa shape index (κ3) is 6.60. The molecule has 0 saturated carbocycles. The van der Waals surface area contributed by atoms with Gasteiger partial charge in [-0.2, -0.15) is 13.2 Å². The number of alkyl halides is 3. The molecular formula is C25H27F3N2O4. The highest BCUT2D eigenvalue weighted by Crippen LogP contribution is 2.30. The first-order chi connectivity index (χ1) is 16.1. The SMILES string of the molecule is CCCc1c(OCCC(F)(F)F)ccc2cc(C(=O)Nc3ccc(CN(C)C)cc3)c(=O)oc12. The van der Waals surface area contributed by atoms with E-state index in [0.29, 0.717) is 29.5 Å². The van der Waals surface area contributed by atoms with Crippen LogP contribution in [-0.2, 0) is 13.0 Å². The number of amides is 1. The van der Waals surface area contributed by atoms with Gasteiger partial charge in [0.25, 0.3) is 5.91 Å². The molecule has 9 heteroatoms. The van der Waals surface area contributed by atoms with Crippen LogP contribution in [0.4, 0.5) is 18.9 Å². The monoisotopic (exact) mass is 476 g/mol. The molecule has 0 atom stereocenters. The molecule has 0 aliphatic carbocycles. The van der Waals surface area contributed by atoms with Gasteiger partial charge in [0.2, 0.25) is 0 Å². The summed E-state index contributed by atoms with van der Waals surface area (Å²) in [7, 11) is 3.91. The zero-order chi connectivity index (χ0) is 24.9. The molecule has 0 aliphatic heterocycles. The predicted octanol–water partition coefficient (Wildman–Crippen LogP) is 5.39. The van der Waals surface area contributed by atoms with E-state index in [-0.39, 0.29) is 16.9 Å². The van der Waals surface area contributed by atoms with Gasteiger partial charge in [0.1, 0.15) is 16.9 Å². The van der Waals surface area contributed by atoms with Crippen LogP contribution < -0.4 is 15.7 Å². The first-order valence-corrected chi connectivity index (χ1v) is 10.9. The van der Waals surface area contributed by atoms with Gasteiger partial charge < -0.3 is 19.4 Å². The maximum atomic E-state index is 12.7. The van der Waals surface area contributed by atoms with Crippen molar-refractivity contribution in [2.45, 2.75) is 38.9 Å². The normalized spacial score (nSPS) is 11.7. The fraction of sp³-hybridized carbons (Fsp3) is 0.360. The first kappa shape index (κ1) is 25.3. The van der Waals surface area contributed by atoms with Crippen molar-refractivity contribution in [2.24, 2.45) is 0 Å². The lowest BCUT2D eigenvalue weighted by atomic mass is 10.0. The summed E-state index contributed by atoms with van der Waals surface area (Å²) in [5.41, 5.74) is 1.32. The summed E-state index contributed by atoms with van der Waals surface area (Å²) in [6.07, 6.45) is -4.32. The summed E-state index contributed by atoms with van der Waals surface area (Å²) in [5, 5.41) is 3.18. The number of benzene rings is 2. The van der Waals surface area contributed by atoms with E-state index in [9.17, 15) is 22.8 Å². The van der Waals surface area contributed by atoms with Gasteiger partial charge in [-0.1, -0.05) is 25.5 Å². The molecule has 1 N–H and O–H groups in total. The van der Waals surface area contributed by atoms with Crippen LogP contribution in [0, 0.1) is 0 Å². The largest absolute Gasteiger partial charge is 0.493 e. The Morgan fingerprint density at radius 2 is 1.82 bits per heavy atom. The molecule has 3 aromatic rings. The number of nitrogens with zero attached hydrogens (tertiary/aromatic N) is 1. The Bertz CT molecular complexity index is 1200. The molecule has 0 unspecified atom stereocenters. The fourth-order valence-corrected chi connectivity index (χ4v) is 3.54. The molecule has 0 spiro atoms. The number of halogens is 3. The maximum Gasteiger partial charge on any atom is 0.392 e. The van der Waals surface area contributed by atoms with E-state index in [2.05, 4.69) is 5.32 Å². The van der Waals surface area contributed by atoms with Gasteiger partial charge in [-0.25, -0.2) is 4.79 Å². The van der Waals surface area contributed by atoms with Crippen molar-refractivity contribution < 1.29 is 27.1 Å². The highest BCUT2D eigenvalue weighted by atomic mass is 19.4. The predicted molar refractivity (Wildman–Crippen MR) is 124 cm³/mol. The number of fused-ring (bicyclic) bond motifs is 1. The zero-order valence-electron chi connectivity index (χ0n) is 19.3. The number of carbonyl (C=O) groups excluding carboxylic acids is 1. The zero-order valence-corrected chi connectivity index (χ0v) is 19.3. The number of ether oxygens (including phenoxy) is 1. The van der Waals surface area contributed by atoms with E-state index in [1.54, 1.807) is 18.2 Å². The second-order valence-corrected chi connectivity index (χ2v) is 8.26. The number of rotatable bonds is 9. The molecule has 1 aromatic heterocycles. The Morgan fingerprint density at radius 3 is 2.44 bits per heavy atom. The standard InChI is InChI=1S/C25H27F3N2O4/c1-4-5-19-21(33-13-12-25(26,27)28)11-8-17-14-20(24(32)34-22(17)19)23(31)29-18-9-6-16(7-10-18)15-30(2)3/h6-11,14H,4-5,12-13,15H2,1-3H3,(H,29,31). The van der Waals surface area contributed by atoms with Crippen molar-refractivity contribution in [1.82, 2.24) is 4.90 Å². The number of anilines is 1. The molecule has 0 radical (unpaired) electrons. The molecule has 0 aliphatic rings. The van der Waals surface area contributed by atoms with Crippen LogP contribution >= 0.6 is 0 Å². The summed E-state index contributed by atoms with van der Waals surface area (Å²) < 4.78 is 48.2. The molecule has 1 amide bonds. The number of aryl methyl sites for hydroxylation is 1. The van der Waals surface area contributed by atoms with Crippen molar-refractivity contribution in [3.63, 3.8) is 0 Å². The number of nitrogens with one attached hydrogen (secondary N) is 1. The highest BCUT2D eigenvalue weighted by molar-refractivity contribution is 6.05. The first-order valence-electron chi connectivity index (χ1n) is 10.9. The maximum absolute atomic E-state index is 12.7. The minimum atomic E-state index is -4.33. The smallest absolute Gasteiger partial charge is 0.392 e. The number of hydrogen-bond acceptors (Lipinski definition) is 5.